The van der Waals surface area contributed by atoms with Crippen molar-refractivity contribution in [3.05, 3.63) is 59.2 Å². The van der Waals surface area contributed by atoms with Gasteiger partial charge in [0.15, 0.2) is 5.78 Å². The lowest BCUT2D eigenvalue weighted by molar-refractivity contribution is 0.0985. The molecule has 0 aliphatic rings. The van der Waals surface area contributed by atoms with Crippen LogP contribution in [-0.4, -0.2) is 12.0 Å². The zero-order valence-corrected chi connectivity index (χ0v) is 14.9. The zero-order valence-electron chi connectivity index (χ0n) is 14.1. The highest BCUT2D eigenvalue weighted by atomic mass is 32.2. The quantitative estimate of drug-likeness (QED) is 0.470. The maximum absolute atomic E-state index is 12.2. The van der Waals surface area contributed by atoms with E-state index in [9.17, 15) is 4.79 Å². The lowest BCUT2D eigenvalue weighted by Gasteiger charge is -2.17. The van der Waals surface area contributed by atoms with Gasteiger partial charge >= 0.3 is 0 Å². The molecule has 23 heavy (non-hydrogen) atoms. The third-order valence-corrected chi connectivity index (χ3v) is 4.65. The Morgan fingerprint density at radius 2 is 1.83 bits per heavy atom. The zero-order chi connectivity index (χ0) is 16.7. The van der Waals surface area contributed by atoms with E-state index < -0.39 is 0 Å². The highest BCUT2D eigenvalue weighted by Crippen LogP contribution is 2.34. The smallest absolute Gasteiger partial charge is 0.163 e. The number of rotatable bonds is 8. The number of hydrogen-bond donors (Lipinski definition) is 0. The molecular formula is C20H24O2S. The summed E-state index contributed by atoms with van der Waals surface area (Å²) in [7, 11) is 0. The molecule has 0 saturated carbocycles. The second-order valence-corrected chi connectivity index (χ2v) is 6.24. The Labute approximate surface area is 143 Å². The summed E-state index contributed by atoms with van der Waals surface area (Å²) in [6.07, 6.45) is 4.51. The molecule has 0 aliphatic carbocycles. The number of carbonyl (C=O) groups excluding carboxylic acids is 1. The van der Waals surface area contributed by atoms with Gasteiger partial charge in [-0.15, -0.1) is 11.8 Å². The van der Waals surface area contributed by atoms with Crippen molar-refractivity contribution in [2.75, 3.05) is 6.26 Å². The number of ether oxygens (including phenoxy) is 1. The van der Waals surface area contributed by atoms with Gasteiger partial charge in [0.2, 0.25) is 0 Å². The summed E-state index contributed by atoms with van der Waals surface area (Å²) >= 11 is 1.64. The Morgan fingerprint density at radius 3 is 2.43 bits per heavy atom. The van der Waals surface area contributed by atoms with E-state index in [-0.39, 0.29) is 5.78 Å². The SMILES string of the molecule is CCCc1c(OCc2ccccc2)ccc(C(=O)CC)c1SC. The molecule has 122 valence electrons. The summed E-state index contributed by atoms with van der Waals surface area (Å²) in [4.78, 5) is 13.3. The molecule has 0 bridgehead atoms. The van der Waals surface area contributed by atoms with Gasteiger partial charge in [0, 0.05) is 22.4 Å². The first-order valence-electron chi connectivity index (χ1n) is 8.11. The molecule has 0 fully saturated rings. The molecule has 0 saturated heterocycles. The molecule has 0 amide bonds. The van der Waals surface area contributed by atoms with E-state index in [1.54, 1.807) is 11.8 Å². The fraction of sp³-hybridized carbons (Fsp3) is 0.350. The second-order valence-electron chi connectivity index (χ2n) is 5.42. The third kappa shape index (κ3) is 4.38. The van der Waals surface area contributed by atoms with Crippen LogP contribution in [0.15, 0.2) is 47.4 Å². The lowest BCUT2D eigenvalue weighted by atomic mass is 10.0. The van der Waals surface area contributed by atoms with Crippen LogP contribution in [0.4, 0.5) is 0 Å². The van der Waals surface area contributed by atoms with Gasteiger partial charge < -0.3 is 4.74 Å². The van der Waals surface area contributed by atoms with Crippen LogP contribution >= 0.6 is 11.8 Å². The van der Waals surface area contributed by atoms with E-state index in [0.717, 1.165) is 40.2 Å². The van der Waals surface area contributed by atoms with Gasteiger partial charge in [0.05, 0.1) is 0 Å². The molecule has 0 radical (unpaired) electrons. The number of thioether (sulfide) groups is 1. The fourth-order valence-electron chi connectivity index (χ4n) is 2.61. The summed E-state index contributed by atoms with van der Waals surface area (Å²) in [6.45, 7) is 4.61. The molecule has 0 spiro atoms. The highest BCUT2D eigenvalue weighted by Gasteiger charge is 2.17. The van der Waals surface area contributed by atoms with Crippen LogP contribution in [0.2, 0.25) is 0 Å². The summed E-state index contributed by atoms with van der Waals surface area (Å²) in [5.74, 6) is 1.09. The standard InChI is InChI=1S/C20H24O2S/c1-4-9-17-19(22-14-15-10-7-6-8-11-15)13-12-16(18(21)5-2)20(17)23-3/h6-8,10-13H,4-5,9,14H2,1-3H3. The van der Waals surface area contributed by atoms with E-state index in [1.165, 1.54) is 0 Å². The van der Waals surface area contributed by atoms with Crippen molar-refractivity contribution in [1.82, 2.24) is 0 Å². The monoisotopic (exact) mass is 328 g/mol. The first-order chi connectivity index (χ1) is 11.2. The van der Waals surface area contributed by atoms with Crippen molar-refractivity contribution in [3.8, 4) is 5.75 Å². The van der Waals surface area contributed by atoms with Gasteiger partial charge in [-0.25, -0.2) is 0 Å². The Kier molecular flexibility index (Phi) is 6.72. The van der Waals surface area contributed by atoms with Crippen LogP contribution in [0.1, 0.15) is 48.2 Å². The van der Waals surface area contributed by atoms with E-state index in [0.29, 0.717) is 13.0 Å². The summed E-state index contributed by atoms with van der Waals surface area (Å²) < 4.78 is 6.06. The van der Waals surface area contributed by atoms with E-state index in [1.807, 2.05) is 43.5 Å². The fourth-order valence-corrected chi connectivity index (χ4v) is 3.46. The molecular weight excluding hydrogens is 304 g/mol. The first kappa shape index (κ1) is 17.6. The highest BCUT2D eigenvalue weighted by molar-refractivity contribution is 7.98. The Balaban J connectivity index is 2.33. The Bertz CT molecular complexity index is 650. The number of benzene rings is 2. The Hall–Kier alpha value is -1.74. The average molecular weight is 328 g/mol. The van der Waals surface area contributed by atoms with Gasteiger partial charge in [-0.2, -0.15) is 0 Å². The van der Waals surface area contributed by atoms with Crippen molar-refractivity contribution in [2.24, 2.45) is 0 Å². The molecule has 2 aromatic carbocycles. The number of ketones is 1. The minimum absolute atomic E-state index is 0.196. The van der Waals surface area contributed by atoms with Crippen LogP contribution in [0, 0.1) is 0 Å². The molecule has 0 heterocycles. The minimum atomic E-state index is 0.196. The molecule has 0 N–H and O–H groups in total. The van der Waals surface area contributed by atoms with Crippen LogP contribution in [0.3, 0.4) is 0 Å². The van der Waals surface area contributed by atoms with Gasteiger partial charge in [0.1, 0.15) is 12.4 Å². The lowest BCUT2D eigenvalue weighted by Crippen LogP contribution is -2.05. The maximum atomic E-state index is 12.2. The third-order valence-electron chi connectivity index (χ3n) is 3.78. The molecule has 0 unspecified atom stereocenters. The molecule has 0 aliphatic heterocycles. The molecule has 0 atom stereocenters. The molecule has 2 rings (SSSR count). The maximum Gasteiger partial charge on any atom is 0.163 e. The molecule has 2 aromatic rings. The van der Waals surface area contributed by atoms with Gasteiger partial charge in [-0.1, -0.05) is 50.6 Å². The van der Waals surface area contributed by atoms with Crippen molar-refractivity contribution >= 4 is 17.5 Å². The van der Waals surface area contributed by atoms with Crippen molar-refractivity contribution in [2.45, 2.75) is 44.6 Å². The largest absolute Gasteiger partial charge is 0.489 e. The minimum Gasteiger partial charge on any atom is -0.489 e. The van der Waals surface area contributed by atoms with Crippen molar-refractivity contribution < 1.29 is 9.53 Å². The predicted molar refractivity (Wildman–Crippen MR) is 97.6 cm³/mol. The van der Waals surface area contributed by atoms with E-state index in [2.05, 4.69) is 19.1 Å². The predicted octanol–water partition coefficient (Wildman–Crippen LogP) is 5.53. The normalized spacial score (nSPS) is 10.6. The molecule has 2 nitrogen and oxygen atoms in total. The van der Waals surface area contributed by atoms with E-state index >= 15 is 0 Å². The summed E-state index contributed by atoms with van der Waals surface area (Å²) in [5.41, 5.74) is 3.14. The van der Waals surface area contributed by atoms with Crippen molar-refractivity contribution in [1.29, 1.82) is 0 Å². The number of hydrogen-bond acceptors (Lipinski definition) is 3. The van der Waals surface area contributed by atoms with Gasteiger partial charge in [-0.3, -0.25) is 4.79 Å². The van der Waals surface area contributed by atoms with Crippen LogP contribution in [-0.2, 0) is 13.0 Å². The summed E-state index contributed by atoms with van der Waals surface area (Å²) in [6, 6.07) is 14.0. The van der Waals surface area contributed by atoms with E-state index in [4.69, 9.17) is 4.74 Å². The van der Waals surface area contributed by atoms with Crippen LogP contribution in [0.5, 0.6) is 5.75 Å². The Morgan fingerprint density at radius 1 is 1.09 bits per heavy atom. The molecule has 0 aromatic heterocycles. The number of Topliss-reactive ketones (excluding diaryl/α,β-unsaturated/α-hetero) is 1. The second kappa shape index (κ2) is 8.78. The first-order valence-corrected chi connectivity index (χ1v) is 9.33. The average Bonchev–Trinajstić information content (AvgIpc) is 2.60. The van der Waals surface area contributed by atoms with Crippen molar-refractivity contribution in [3.63, 3.8) is 0 Å². The van der Waals surface area contributed by atoms with Crippen LogP contribution in [0.25, 0.3) is 0 Å². The van der Waals surface area contributed by atoms with Crippen LogP contribution < -0.4 is 4.74 Å². The number of carbonyl (C=O) groups is 1. The summed E-state index contributed by atoms with van der Waals surface area (Å²) in [5, 5.41) is 0. The topological polar surface area (TPSA) is 26.3 Å². The molecule has 3 heteroatoms. The van der Waals surface area contributed by atoms with Gasteiger partial charge in [0.25, 0.3) is 0 Å². The van der Waals surface area contributed by atoms with Gasteiger partial charge in [-0.05, 0) is 30.4 Å².